The number of hydrogen-bond donors (Lipinski definition) is 1. The molecule has 1 aromatic carbocycles. The Morgan fingerprint density at radius 2 is 1.76 bits per heavy atom. The lowest BCUT2D eigenvalue weighted by Crippen LogP contribution is -2.20. The lowest BCUT2D eigenvalue weighted by atomic mass is 10.0. The Bertz CT molecular complexity index is 444. The zero-order valence-electron chi connectivity index (χ0n) is 12.3. The van der Waals surface area contributed by atoms with Crippen LogP contribution < -0.4 is 14.8 Å². The average molecular weight is 307 g/mol. The Kier molecular flexibility index (Phi) is 7.31. The van der Waals surface area contributed by atoms with E-state index >= 15 is 0 Å². The van der Waals surface area contributed by atoms with E-state index < -0.39 is 18.8 Å². The van der Waals surface area contributed by atoms with Crippen molar-refractivity contribution in [1.82, 2.24) is 5.32 Å². The maximum Gasteiger partial charge on any atom is 0.261 e. The van der Waals surface area contributed by atoms with Gasteiger partial charge in [-0.1, -0.05) is 0 Å². The first kappa shape index (κ1) is 17.6. The second kappa shape index (κ2) is 8.74. The van der Waals surface area contributed by atoms with Crippen LogP contribution in [-0.2, 0) is 4.74 Å². The van der Waals surface area contributed by atoms with Crippen molar-refractivity contribution < 1.29 is 27.4 Å². The summed E-state index contributed by atoms with van der Waals surface area (Å²) in [6.45, 7) is -0.519. The van der Waals surface area contributed by atoms with Crippen molar-refractivity contribution in [2.45, 2.75) is 18.9 Å². The topological polar surface area (TPSA) is 39.7 Å². The molecule has 0 aromatic heterocycles. The maximum atomic E-state index is 14.1. The minimum absolute atomic E-state index is 0.101. The highest BCUT2D eigenvalue weighted by molar-refractivity contribution is 5.44. The second-order valence-electron chi connectivity index (χ2n) is 4.32. The molecule has 0 amide bonds. The van der Waals surface area contributed by atoms with Crippen LogP contribution in [0.25, 0.3) is 0 Å². The summed E-state index contributed by atoms with van der Waals surface area (Å²) in [5.41, 5.74) is 0.371. The Balaban J connectivity index is 2.80. The van der Waals surface area contributed by atoms with Gasteiger partial charge < -0.3 is 19.5 Å². The fraction of sp³-hybridized carbons (Fsp3) is 0.571. The highest BCUT2D eigenvalue weighted by Crippen LogP contribution is 2.33. The van der Waals surface area contributed by atoms with Crippen LogP contribution in [0.15, 0.2) is 12.1 Å². The highest BCUT2D eigenvalue weighted by Gasteiger charge is 2.18. The van der Waals surface area contributed by atoms with E-state index in [1.807, 2.05) is 0 Å². The van der Waals surface area contributed by atoms with E-state index in [0.717, 1.165) is 0 Å². The molecular weight excluding hydrogens is 287 g/mol. The molecule has 0 aliphatic carbocycles. The zero-order valence-corrected chi connectivity index (χ0v) is 12.3. The van der Waals surface area contributed by atoms with Crippen molar-refractivity contribution in [3.05, 3.63) is 23.5 Å². The van der Waals surface area contributed by atoms with Gasteiger partial charge in [0.1, 0.15) is 12.4 Å². The smallest absolute Gasteiger partial charge is 0.261 e. The van der Waals surface area contributed by atoms with Gasteiger partial charge >= 0.3 is 0 Å². The minimum Gasteiger partial charge on any atom is -0.493 e. The van der Waals surface area contributed by atoms with Gasteiger partial charge in [-0.2, -0.15) is 0 Å². The van der Waals surface area contributed by atoms with Gasteiger partial charge in [-0.05, 0) is 19.5 Å². The first-order valence-corrected chi connectivity index (χ1v) is 6.48. The quantitative estimate of drug-likeness (QED) is 0.712. The molecule has 0 radical (unpaired) electrons. The standard InChI is InChI=1S/C14H20F3NO3/c1-18-11(4-5-21-8-14(16)17)9-6-12(19-2)13(20-3)7-10(9)15/h6-7,11,14,18H,4-5,8H2,1-3H3. The van der Waals surface area contributed by atoms with Gasteiger partial charge in [0.2, 0.25) is 0 Å². The molecular formula is C14H20F3NO3. The van der Waals surface area contributed by atoms with E-state index in [2.05, 4.69) is 5.32 Å². The van der Waals surface area contributed by atoms with Crippen LogP contribution >= 0.6 is 0 Å². The van der Waals surface area contributed by atoms with Gasteiger partial charge in [0.05, 0.1) is 14.2 Å². The van der Waals surface area contributed by atoms with Crippen molar-refractivity contribution in [3.63, 3.8) is 0 Å². The number of rotatable bonds is 9. The Morgan fingerprint density at radius 3 is 2.29 bits per heavy atom. The first-order chi connectivity index (χ1) is 10.0. The number of halogens is 3. The van der Waals surface area contributed by atoms with Crippen LogP contribution in [-0.4, -0.2) is 40.9 Å². The molecule has 1 rings (SSSR count). The predicted octanol–water partition coefficient (Wildman–Crippen LogP) is 2.78. The van der Waals surface area contributed by atoms with Gasteiger partial charge in [-0.3, -0.25) is 0 Å². The van der Waals surface area contributed by atoms with E-state index in [1.54, 1.807) is 7.05 Å². The Labute approximate surface area is 122 Å². The molecule has 0 bridgehead atoms. The van der Waals surface area contributed by atoms with Gasteiger partial charge in [-0.15, -0.1) is 0 Å². The molecule has 1 aromatic rings. The third kappa shape index (κ3) is 5.09. The van der Waals surface area contributed by atoms with Crippen molar-refractivity contribution in [2.24, 2.45) is 0 Å². The number of hydrogen-bond acceptors (Lipinski definition) is 4. The second-order valence-corrected chi connectivity index (χ2v) is 4.32. The van der Waals surface area contributed by atoms with Gasteiger partial charge in [0.25, 0.3) is 6.43 Å². The summed E-state index contributed by atoms with van der Waals surface area (Å²) >= 11 is 0. The summed E-state index contributed by atoms with van der Waals surface area (Å²) < 4.78 is 53.0. The monoisotopic (exact) mass is 307 g/mol. The molecule has 21 heavy (non-hydrogen) atoms. The van der Waals surface area contributed by atoms with Crippen LogP contribution in [0.2, 0.25) is 0 Å². The van der Waals surface area contributed by atoms with E-state index in [9.17, 15) is 13.2 Å². The third-order valence-electron chi connectivity index (χ3n) is 3.02. The first-order valence-electron chi connectivity index (χ1n) is 6.48. The Hall–Kier alpha value is -1.47. The fourth-order valence-corrected chi connectivity index (χ4v) is 1.97. The summed E-state index contributed by atoms with van der Waals surface area (Å²) in [4.78, 5) is 0. The number of alkyl halides is 2. The molecule has 4 nitrogen and oxygen atoms in total. The number of nitrogens with one attached hydrogen (secondary N) is 1. The normalized spacial score (nSPS) is 12.5. The highest BCUT2D eigenvalue weighted by atomic mass is 19.3. The van der Waals surface area contributed by atoms with E-state index in [0.29, 0.717) is 23.5 Å². The van der Waals surface area contributed by atoms with Crippen LogP contribution in [0, 0.1) is 5.82 Å². The summed E-state index contributed by atoms with van der Waals surface area (Å²) in [5, 5.41) is 2.93. The molecule has 1 unspecified atom stereocenters. The molecule has 1 N–H and O–H groups in total. The van der Waals surface area contributed by atoms with Gasteiger partial charge in [0, 0.05) is 24.3 Å². The van der Waals surface area contributed by atoms with Crippen molar-refractivity contribution >= 4 is 0 Å². The molecule has 0 fully saturated rings. The number of benzene rings is 1. The van der Waals surface area contributed by atoms with Crippen molar-refractivity contribution in [3.8, 4) is 11.5 Å². The van der Waals surface area contributed by atoms with Crippen LogP contribution in [0.4, 0.5) is 13.2 Å². The Morgan fingerprint density at radius 1 is 1.14 bits per heavy atom. The minimum atomic E-state index is -2.50. The SMILES string of the molecule is CNC(CCOCC(F)F)c1cc(OC)c(OC)cc1F. The number of ether oxygens (including phenoxy) is 3. The molecule has 0 heterocycles. The van der Waals surface area contributed by atoms with Crippen LogP contribution in [0.3, 0.4) is 0 Å². The molecule has 0 saturated heterocycles. The van der Waals surface area contributed by atoms with Crippen LogP contribution in [0.1, 0.15) is 18.0 Å². The summed E-state index contributed by atoms with van der Waals surface area (Å²) in [7, 11) is 4.54. The largest absolute Gasteiger partial charge is 0.493 e. The van der Waals surface area contributed by atoms with E-state index in [-0.39, 0.29) is 12.6 Å². The van der Waals surface area contributed by atoms with Crippen molar-refractivity contribution in [1.29, 1.82) is 0 Å². The summed E-state index contributed by atoms with van der Waals surface area (Å²) in [5.74, 6) is 0.242. The maximum absolute atomic E-state index is 14.1. The summed E-state index contributed by atoms with van der Waals surface area (Å²) in [6.07, 6.45) is -2.15. The average Bonchev–Trinajstić information content (AvgIpc) is 2.47. The predicted molar refractivity (Wildman–Crippen MR) is 72.7 cm³/mol. The molecule has 1 atom stereocenters. The van der Waals surface area contributed by atoms with Crippen LogP contribution in [0.5, 0.6) is 11.5 Å². The zero-order chi connectivity index (χ0) is 15.8. The lowest BCUT2D eigenvalue weighted by molar-refractivity contribution is 0.0144. The van der Waals surface area contributed by atoms with Gasteiger partial charge in [-0.25, -0.2) is 13.2 Å². The van der Waals surface area contributed by atoms with Gasteiger partial charge in [0.15, 0.2) is 11.5 Å². The summed E-state index contributed by atoms with van der Waals surface area (Å²) in [6, 6.07) is 2.39. The molecule has 120 valence electrons. The lowest BCUT2D eigenvalue weighted by Gasteiger charge is -2.19. The number of methoxy groups -OCH3 is 2. The molecule has 7 heteroatoms. The van der Waals surface area contributed by atoms with E-state index in [1.165, 1.54) is 26.4 Å². The third-order valence-corrected chi connectivity index (χ3v) is 3.02. The molecule has 0 aliphatic rings. The van der Waals surface area contributed by atoms with Crippen molar-refractivity contribution in [2.75, 3.05) is 34.5 Å². The molecule has 0 saturated carbocycles. The molecule has 0 aliphatic heterocycles. The molecule has 0 spiro atoms. The fourth-order valence-electron chi connectivity index (χ4n) is 1.97. The van der Waals surface area contributed by atoms with E-state index in [4.69, 9.17) is 14.2 Å².